The minimum Gasteiger partial charge on any atom is -0.481 e. The van der Waals surface area contributed by atoms with Crippen LogP contribution in [0.5, 0.6) is 0 Å². The second-order valence-electron chi connectivity index (χ2n) is 5.19. The minimum atomic E-state index is -0.924. The van der Waals surface area contributed by atoms with E-state index in [9.17, 15) is 9.59 Å². The third-order valence-corrected chi connectivity index (χ3v) is 3.97. The van der Waals surface area contributed by atoms with E-state index in [1.165, 1.54) is 4.88 Å². The molecule has 0 aliphatic heterocycles. The Morgan fingerprint density at radius 1 is 1.47 bits per heavy atom. The molecule has 3 N–H and O–H groups in total. The fourth-order valence-electron chi connectivity index (χ4n) is 1.64. The monoisotopic (exact) mass is 284 g/mol. The lowest BCUT2D eigenvalue weighted by molar-refractivity contribution is -0.137. The van der Waals surface area contributed by atoms with Crippen molar-refractivity contribution in [3.63, 3.8) is 0 Å². The molecule has 1 aromatic rings. The number of urea groups is 1. The molecule has 1 unspecified atom stereocenters. The molecule has 0 saturated heterocycles. The smallest absolute Gasteiger partial charge is 0.315 e. The number of carboxylic acids is 1. The molecule has 0 spiro atoms. The number of hydrogen-bond acceptors (Lipinski definition) is 3. The molecule has 5 nitrogen and oxygen atoms in total. The molecule has 1 aromatic heterocycles. The van der Waals surface area contributed by atoms with Crippen molar-refractivity contribution in [1.82, 2.24) is 10.6 Å². The Morgan fingerprint density at radius 2 is 2.16 bits per heavy atom. The number of thiophene rings is 1. The molecule has 6 heteroatoms. The number of aliphatic carboxylic acids is 1. The van der Waals surface area contributed by atoms with Gasteiger partial charge >= 0.3 is 12.0 Å². The first-order chi connectivity index (χ1) is 8.81. The van der Waals surface area contributed by atoms with Gasteiger partial charge in [-0.15, -0.1) is 11.3 Å². The molecule has 2 amide bonds. The van der Waals surface area contributed by atoms with E-state index in [1.54, 1.807) is 18.3 Å². The van der Waals surface area contributed by atoms with Gasteiger partial charge in [-0.05, 0) is 18.4 Å². The molecule has 19 heavy (non-hydrogen) atoms. The van der Waals surface area contributed by atoms with E-state index in [0.717, 1.165) is 0 Å². The number of carbonyl (C=O) groups excluding carboxylic acids is 1. The summed E-state index contributed by atoms with van der Waals surface area (Å²) in [5.41, 5.74) is -0.137. The number of carbonyl (C=O) groups is 2. The van der Waals surface area contributed by atoms with Crippen LogP contribution in [0.4, 0.5) is 4.79 Å². The van der Waals surface area contributed by atoms with Gasteiger partial charge in [0, 0.05) is 22.9 Å². The van der Waals surface area contributed by atoms with Gasteiger partial charge in [-0.3, -0.25) is 4.79 Å². The standard InChI is InChI=1S/C13H20N2O3S/c1-9(7-11(16)17)15-12(18)14-8-13(2,3)10-5-4-6-19-10/h4-6,9H,7-8H2,1-3H3,(H,16,17)(H2,14,15,18). The molecule has 106 valence electrons. The van der Waals surface area contributed by atoms with Crippen LogP contribution in [0.1, 0.15) is 32.1 Å². The van der Waals surface area contributed by atoms with E-state index in [0.29, 0.717) is 6.54 Å². The van der Waals surface area contributed by atoms with Crippen molar-refractivity contribution in [3.8, 4) is 0 Å². The van der Waals surface area contributed by atoms with Crippen LogP contribution < -0.4 is 10.6 Å². The average Bonchev–Trinajstić information content (AvgIpc) is 2.79. The van der Waals surface area contributed by atoms with Crippen molar-refractivity contribution in [2.24, 2.45) is 0 Å². The van der Waals surface area contributed by atoms with Gasteiger partial charge in [0.05, 0.1) is 6.42 Å². The molecule has 0 aromatic carbocycles. The van der Waals surface area contributed by atoms with Crippen molar-refractivity contribution < 1.29 is 14.7 Å². The van der Waals surface area contributed by atoms with Crippen molar-refractivity contribution >= 4 is 23.3 Å². The highest BCUT2D eigenvalue weighted by atomic mass is 32.1. The Kier molecular flexibility index (Phi) is 5.35. The summed E-state index contributed by atoms with van der Waals surface area (Å²) in [5.74, 6) is -0.924. The lowest BCUT2D eigenvalue weighted by Crippen LogP contribution is -2.45. The summed E-state index contributed by atoms with van der Waals surface area (Å²) in [6.45, 7) is 6.27. The summed E-state index contributed by atoms with van der Waals surface area (Å²) in [6, 6.07) is 3.30. The van der Waals surface area contributed by atoms with Gasteiger partial charge in [0.15, 0.2) is 0 Å². The Morgan fingerprint density at radius 3 is 2.68 bits per heavy atom. The Balaban J connectivity index is 2.40. The zero-order valence-electron chi connectivity index (χ0n) is 11.4. The topological polar surface area (TPSA) is 78.4 Å². The highest BCUT2D eigenvalue weighted by Crippen LogP contribution is 2.26. The van der Waals surface area contributed by atoms with E-state index < -0.39 is 5.97 Å². The van der Waals surface area contributed by atoms with Crippen LogP contribution in [0.3, 0.4) is 0 Å². The van der Waals surface area contributed by atoms with Crippen LogP contribution in [0.15, 0.2) is 17.5 Å². The lowest BCUT2D eigenvalue weighted by atomic mass is 9.91. The van der Waals surface area contributed by atoms with Crippen molar-refractivity contribution in [2.45, 2.75) is 38.6 Å². The van der Waals surface area contributed by atoms with E-state index in [4.69, 9.17) is 5.11 Å². The summed E-state index contributed by atoms with van der Waals surface area (Å²) in [5, 5.41) is 16.0. The third-order valence-electron chi connectivity index (χ3n) is 2.74. The predicted molar refractivity (Wildman–Crippen MR) is 75.6 cm³/mol. The summed E-state index contributed by atoms with van der Waals surface area (Å²) in [4.78, 5) is 23.3. The predicted octanol–water partition coefficient (Wildman–Crippen LogP) is 2.19. The van der Waals surface area contributed by atoms with Crippen molar-refractivity contribution in [3.05, 3.63) is 22.4 Å². The van der Waals surface area contributed by atoms with Crippen LogP contribution in [0.25, 0.3) is 0 Å². The van der Waals surface area contributed by atoms with Crippen LogP contribution >= 0.6 is 11.3 Å². The maximum Gasteiger partial charge on any atom is 0.315 e. The molecule has 0 radical (unpaired) electrons. The van der Waals surface area contributed by atoms with Gasteiger partial charge in [0.1, 0.15) is 0 Å². The summed E-state index contributed by atoms with van der Waals surface area (Å²) in [7, 11) is 0. The van der Waals surface area contributed by atoms with E-state index in [1.807, 2.05) is 17.5 Å². The number of nitrogens with one attached hydrogen (secondary N) is 2. The summed E-state index contributed by atoms with van der Waals surface area (Å²) < 4.78 is 0. The molecule has 0 aliphatic carbocycles. The number of carboxylic acid groups (broad SMARTS) is 1. The first-order valence-electron chi connectivity index (χ1n) is 6.11. The Labute approximate surface area is 117 Å². The molecule has 1 heterocycles. The highest BCUT2D eigenvalue weighted by Gasteiger charge is 2.22. The number of rotatable bonds is 6. The first kappa shape index (κ1) is 15.5. The quantitative estimate of drug-likeness (QED) is 0.749. The molecule has 0 aliphatic rings. The number of amides is 2. The average molecular weight is 284 g/mol. The second-order valence-corrected chi connectivity index (χ2v) is 6.13. The van der Waals surface area contributed by atoms with Crippen LogP contribution in [-0.2, 0) is 10.2 Å². The van der Waals surface area contributed by atoms with Gasteiger partial charge in [0.2, 0.25) is 0 Å². The Hall–Kier alpha value is -1.56. The molecule has 1 rings (SSSR count). The van der Waals surface area contributed by atoms with Gasteiger partial charge in [-0.1, -0.05) is 19.9 Å². The zero-order valence-corrected chi connectivity index (χ0v) is 12.2. The molecule has 0 bridgehead atoms. The largest absolute Gasteiger partial charge is 0.481 e. The van der Waals surface area contributed by atoms with Gasteiger partial charge in [0.25, 0.3) is 0 Å². The normalized spacial score (nSPS) is 12.8. The first-order valence-corrected chi connectivity index (χ1v) is 6.99. The van der Waals surface area contributed by atoms with E-state index in [2.05, 4.69) is 24.5 Å². The molecule has 0 fully saturated rings. The van der Waals surface area contributed by atoms with Crippen LogP contribution in [0.2, 0.25) is 0 Å². The number of hydrogen-bond donors (Lipinski definition) is 3. The highest BCUT2D eigenvalue weighted by molar-refractivity contribution is 7.10. The summed E-state index contributed by atoms with van der Waals surface area (Å²) >= 11 is 1.65. The zero-order chi connectivity index (χ0) is 14.5. The van der Waals surface area contributed by atoms with Crippen LogP contribution in [0, 0.1) is 0 Å². The summed E-state index contributed by atoms with van der Waals surface area (Å²) in [6.07, 6.45) is -0.0816. The van der Waals surface area contributed by atoms with Gasteiger partial charge < -0.3 is 15.7 Å². The van der Waals surface area contributed by atoms with Crippen molar-refractivity contribution in [1.29, 1.82) is 0 Å². The van der Waals surface area contributed by atoms with Gasteiger partial charge in [-0.25, -0.2) is 4.79 Å². The SMILES string of the molecule is CC(CC(=O)O)NC(=O)NCC(C)(C)c1cccs1. The van der Waals surface area contributed by atoms with E-state index >= 15 is 0 Å². The maximum absolute atomic E-state index is 11.6. The fourth-order valence-corrected chi connectivity index (χ4v) is 2.49. The lowest BCUT2D eigenvalue weighted by Gasteiger charge is -2.24. The third kappa shape index (κ3) is 5.30. The molecular weight excluding hydrogens is 264 g/mol. The molecule has 1 atom stereocenters. The molecular formula is C13H20N2O3S. The van der Waals surface area contributed by atoms with Gasteiger partial charge in [-0.2, -0.15) is 0 Å². The minimum absolute atomic E-state index is 0.0816. The Bertz CT molecular complexity index is 429. The van der Waals surface area contributed by atoms with Crippen LogP contribution in [-0.4, -0.2) is 29.7 Å². The van der Waals surface area contributed by atoms with Crippen molar-refractivity contribution in [2.75, 3.05) is 6.54 Å². The second kappa shape index (κ2) is 6.56. The molecule has 0 saturated carbocycles. The van der Waals surface area contributed by atoms with E-state index in [-0.39, 0.29) is 23.9 Å². The maximum atomic E-state index is 11.6. The fraction of sp³-hybridized carbons (Fsp3) is 0.538.